The molecule has 17 heavy (non-hydrogen) atoms. The molecular weight excluding hydrogens is 219 g/mol. The Bertz CT molecular complexity index is 451. The molecular formula is C13H15FN2O. The summed E-state index contributed by atoms with van der Waals surface area (Å²) in [5, 5.41) is 0. The Kier molecular flexibility index (Phi) is 4.53. The van der Waals surface area contributed by atoms with Crippen LogP contribution in [0.4, 0.5) is 10.1 Å². The van der Waals surface area contributed by atoms with Crippen LogP contribution in [-0.4, -0.2) is 23.9 Å². The minimum absolute atomic E-state index is 0.0343. The van der Waals surface area contributed by atoms with Gasteiger partial charge in [0.1, 0.15) is 5.82 Å². The number of carbonyl (C=O) groups excluding carboxylic acids is 1. The molecule has 0 saturated heterocycles. The van der Waals surface area contributed by atoms with Gasteiger partial charge in [-0.15, -0.1) is 6.42 Å². The van der Waals surface area contributed by atoms with E-state index < -0.39 is 5.82 Å². The third kappa shape index (κ3) is 3.22. The van der Waals surface area contributed by atoms with Crippen molar-refractivity contribution in [3.05, 3.63) is 29.6 Å². The number of benzene rings is 1. The number of nitrogens with two attached hydrogens (primary N) is 1. The summed E-state index contributed by atoms with van der Waals surface area (Å²) in [7, 11) is 0. The molecule has 0 fully saturated rings. The van der Waals surface area contributed by atoms with Crippen molar-refractivity contribution in [2.24, 2.45) is 0 Å². The second kappa shape index (κ2) is 5.90. The van der Waals surface area contributed by atoms with Gasteiger partial charge in [-0.25, -0.2) is 4.39 Å². The first kappa shape index (κ1) is 13.0. The van der Waals surface area contributed by atoms with E-state index in [2.05, 4.69) is 5.92 Å². The highest BCUT2D eigenvalue weighted by molar-refractivity contribution is 5.95. The fourth-order valence-electron chi connectivity index (χ4n) is 1.49. The Balaban J connectivity index is 2.93. The van der Waals surface area contributed by atoms with Crippen LogP contribution in [0, 0.1) is 18.2 Å². The standard InChI is InChI=1S/C13H15FN2O/c1-3-7-16(8-4-2)13(17)10-5-6-11(14)12(15)9-10/h1,5-6,9H,4,7-8,15H2,2H3. The van der Waals surface area contributed by atoms with Gasteiger partial charge in [0.2, 0.25) is 0 Å². The molecule has 0 bridgehead atoms. The average Bonchev–Trinajstić information content (AvgIpc) is 2.31. The largest absolute Gasteiger partial charge is 0.396 e. The zero-order chi connectivity index (χ0) is 12.8. The summed E-state index contributed by atoms with van der Waals surface area (Å²) in [5.41, 5.74) is 5.74. The van der Waals surface area contributed by atoms with Crippen molar-refractivity contribution >= 4 is 11.6 Å². The van der Waals surface area contributed by atoms with Gasteiger partial charge in [0, 0.05) is 12.1 Å². The molecule has 4 heteroatoms. The normalized spacial score (nSPS) is 9.71. The number of nitrogen functional groups attached to an aromatic ring is 1. The second-order valence-electron chi connectivity index (χ2n) is 3.67. The smallest absolute Gasteiger partial charge is 0.254 e. The topological polar surface area (TPSA) is 46.3 Å². The Morgan fingerprint density at radius 2 is 2.29 bits per heavy atom. The van der Waals surface area contributed by atoms with Gasteiger partial charge >= 0.3 is 0 Å². The third-order valence-corrected chi connectivity index (χ3v) is 2.31. The van der Waals surface area contributed by atoms with Crippen molar-refractivity contribution in [2.75, 3.05) is 18.8 Å². The lowest BCUT2D eigenvalue weighted by molar-refractivity contribution is 0.0777. The lowest BCUT2D eigenvalue weighted by atomic mass is 10.1. The zero-order valence-electron chi connectivity index (χ0n) is 9.74. The maximum atomic E-state index is 13.0. The summed E-state index contributed by atoms with van der Waals surface area (Å²) in [4.78, 5) is 13.6. The fourth-order valence-corrected chi connectivity index (χ4v) is 1.49. The number of rotatable bonds is 4. The maximum absolute atomic E-state index is 13.0. The first-order valence-electron chi connectivity index (χ1n) is 5.38. The molecule has 0 aliphatic rings. The molecule has 90 valence electrons. The van der Waals surface area contributed by atoms with Gasteiger partial charge in [-0.3, -0.25) is 4.79 Å². The van der Waals surface area contributed by atoms with Gasteiger partial charge < -0.3 is 10.6 Å². The molecule has 0 aliphatic heterocycles. The summed E-state index contributed by atoms with van der Waals surface area (Å²) >= 11 is 0. The molecule has 0 heterocycles. The van der Waals surface area contributed by atoms with Crippen LogP contribution in [-0.2, 0) is 0 Å². The van der Waals surface area contributed by atoms with E-state index in [4.69, 9.17) is 12.2 Å². The van der Waals surface area contributed by atoms with Crippen molar-refractivity contribution in [1.82, 2.24) is 4.90 Å². The van der Waals surface area contributed by atoms with Crippen molar-refractivity contribution in [2.45, 2.75) is 13.3 Å². The highest BCUT2D eigenvalue weighted by Gasteiger charge is 2.14. The monoisotopic (exact) mass is 234 g/mol. The van der Waals surface area contributed by atoms with Crippen LogP contribution in [0.5, 0.6) is 0 Å². The lowest BCUT2D eigenvalue weighted by Gasteiger charge is -2.19. The van der Waals surface area contributed by atoms with E-state index in [1.807, 2.05) is 6.92 Å². The summed E-state index contributed by atoms with van der Waals surface area (Å²) in [6.07, 6.45) is 6.01. The SMILES string of the molecule is C#CCN(CCC)C(=O)c1ccc(F)c(N)c1. The number of halogens is 1. The van der Waals surface area contributed by atoms with E-state index >= 15 is 0 Å². The van der Waals surface area contributed by atoms with E-state index in [1.165, 1.54) is 23.1 Å². The number of terminal acetylenes is 1. The van der Waals surface area contributed by atoms with E-state index in [0.29, 0.717) is 12.1 Å². The van der Waals surface area contributed by atoms with Crippen molar-refractivity contribution in [1.29, 1.82) is 0 Å². The Labute approximate surface area is 100 Å². The molecule has 2 N–H and O–H groups in total. The van der Waals surface area contributed by atoms with E-state index in [1.54, 1.807) is 0 Å². The minimum atomic E-state index is -0.527. The summed E-state index contributed by atoms with van der Waals surface area (Å²) in [5.74, 6) is 1.68. The maximum Gasteiger partial charge on any atom is 0.254 e. The Hall–Kier alpha value is -2.02. The van der Waals surface area contributed by atoms with Crippen molar-refractivity contribution < 1.29 is 9.18 Å². The van der Waals surface area contributed by atoms with Gasteiger partial charge in [-0.05, 0) is 24.6 Å². The molecule has 0 atom stereocenters. The molecule has 1 aromatic rings. The molecule has 0 unspecified atom stereocenters. The molecule has 0 aliphatic carbocycles. The highest BCUT2D eigenvalue weighted by atomic mass is 19.1. The number of carbonyl (C=O) groups is 1. The molecule has 0 spiro atoms. The quantitative estimate of drug-likeness (QED) is 0.638. The van der Waals surface area contributed by atoms with Crippen LogP contribution < -0.4 is 5.73 Å². The lowest BCUT2D eigenvalue weighted by Crippen LogP contribution is -2.32. The number of amides is 1. The third-order valence-electron chi connectivity index (χ3n) is 2.31. The van der Waals surface area contributed by atoms with Gasteiger partial charge in [-0.2, -0.15) is 0 Å². The predicted molar refractivity (Wildman–Crippen MR) is 65.8 cm³/mol. The zero-order valence-corrected chi connectivity index (χ0v) is 9.74. The first-order valence-corrected chi connectivity index (χ1v) is 5.38. The summed E-state index contributed by atoms with van der Waals surface area (Å²) in [6, 6.07) is 3.92. The molecule has 0 saturated carbocycles. The van der Waals surface area contributed by atoms with E-state index in [0.717, 1.165) is 6.42 Å². The highest BCUT2D eigenvalue weighted by Crippen LogP contribution is 2.14. The Morgan fingerprint density at radius 1 is 1.59 bits per heavy atom. The molecule has 1 rings (SSSR count). The van der Waals surface area contributed by atoms with Crippen LogP contribution in [0.1, 0.15) is 23.7 Å². The second-order valence-corrected chi connectivity index (χ2v) is 3.67. The molecule has 1 aromatic carbocycles. The Morgan fingerprint density at radius 3 is 2.82 bits per heavy atom. The van der Waals surface area contributed by atoms with E-state index in [9.17, 15) is 9.18 Å². The van der Waals surface area contributed by atoms with Gasteiger partial charge in [0.25, 0.3) is 5.91 Å². The summed E-state index contributed by atoms with van der Waals surface area (Å²) in [6.45, 7) is 2.76. The first-order chi connectivity index (χ1) is 8.10. The van der Waals surface area contributed by atoms with E-state index in [-0.39, 0.29) is 18.1 Å². The van der Waals surface area contributed by atoms with Crippen LogP contribution in [0.2, 0.25) is 0 Å². The molecule has 0 aromatic heterocycles. The van der Waals surface area contributed by atoms with Gasteiger partial charge in [-0.1, -0.05) is 12.8 Å². The van der Waals surface area contributed by atoms with Crippen LogP contribution in [0.15, 0.2) is 18.2 Å². The van der Waals surface area contributed by atoms with Gasteiger partial charge in [0.05, 0.1) is 12.2 Å². The van der Waals surface area contributed by atoms with Crippen molar-refractivity contribution in [3.63, 3.8) is 0 Å². The van der Waals surface area contributed by atoms with Gasteiger partial charge in [0.15, 0.2) is 0 Å². The van der Waals surface area contributed by atoms with Crippen molar-refractivity contribution in [3.8, 4) is 12.3 Å². The molecule has 0 radical (unpaired) electrons. The number of hydrogen-bond donors (Lipinski definition) is 1. The van der Waals surface area contributed by atoms with Crippen LogP contribution in [0.25, 0.3) is 0 Å². The number of hydrogen-bond acceptors (Lipinski definition) is 2. The average molecular weight is 234 g/mol. The molecule has 1 amide bonds. The molecule has 3 nitrogen and oxygen atoms in total. The number of anilines is 1. The predicted octanol–water partition coefficient (Wildman–Crippen LogP) is 1.89. The van der Waals surface area contributed by atoms with Crippen LogP contribution >= 0.6 is 0 Å². The van der Waals surface area contributed by atoms with Crippen LogP contribution in [0.3, 0.4) is 0 Å². The fraction of sp³-hybridized carbons (Fsp3) is 0.308. The number of nitrogens with zero attached hydrogens (tertiary/aromatic N) is 1. The summed E-state index contributed by atoms with van der Waals surface area (Å²) < 4.78 is 13.0. The minimum Gasteiger partial charge on any atom is -0.396 e.